The van der Waals surface area contributed by atoms with Crippen molar-refractivity contribution in [3.8, 4) is 0 Å². The lowest BCUT2D eigenvalue weighted by Crippen LogP contribution is -2.45. The van der Waals surface area contributed by atoms with Crippen molar-refractivity contribution in [2.75, 3.05) is 39.8 Å². The summed E-state index contributed by atoms with van der Waals surface area (Å²) in [5.41, 5.74) is 0.628. The van der Waals surface area contributed by atoms with Gasteiger partial charge in [0.2, 0.25) is 0 Å². The van der Waals surface area contributed by atoms with Crippen LogP contribution >= 0.6 is 0 Å². The van der Waals surface area contributed by atoms with Crippen molar-refractivity contribution >= 4 is 5.69 Å². The molecule has 1 atom stereocenters. The Morgan fingerprint density at radius 2 is 2.05 bits per heavy atom. The number of aliphatic hydroxyl groups excluding tert-OH is 1. The fraction of sp³-hybridized carbons (Fsp3) is 0.538. The first-order chi connectivity index (χ1) is 9.06. The van der Waals surface area contributed by atoms with Gasteiger partial charge in [-0.1, -0.05) is 12.1 Å². The van der Waals surface area contributed by atoms with Crippen molar-refractivity contribution in [1.29, 1.82) is 0 Å². The molecule has 1 N–H and O–H groups in total. The van der Waals surface area contributed by atoms with Gasteiger partial charge in [0.05, 0.1) is 11.0 Å². The highest BCUT2D eigenvalue weighted by molar-refractivity contribution is 5.35. The molecule has 1 saturated heterocycles. The summed E-state index contributed by atoms with van der Waals surface area (Å²) in [5.74, 6) is 0. The lowest BCUT2D eigenvalue weighted by Gasteiger charge is -2.33. The molecular formula is C13H19N3O3. The van der Waals surface area contributed by atoms with Gasteiger partial charge in [0, 0.05) is 44.9 Å². The van der Waals surface area contributed by atoms with E-state index in [9.17, 15) is 15.2 Å². The summed E-state index contributed by atoms with van der Waals surface area (Å²) in [6.07, 6.45) is -0.677. The van der Waals surface area contributed by atoms with Crippen molar-refractivity contribution in [1.82, 2.24) is 9.80 Å². The van der Waals surface area contributed by atoms with Gasteiger partial charge in [-0.3, -0.25) is 15.0 Å². The zero-order chi connectivity index (χ0) is 13.8. The normalized spacial score (nSPS) is 19.3. The first kappa shape index (κ1) is 13.9. The minimum atomic E-state index is -0.677. The molecule has 1 unspecified atom stereocenters. The molecule has 0 saturated carbocycles. The lowest BCUT2D eigenvalue weighted by molar-refractivity contribution is -0.385. The van der Waals surface area contributed by atoms with Crippen LogP contribution in [0.2, 0.25) is 0 Å². The Morgan fingerprint density at radius 3 is 2.68 bits per heavy atom. The summed E-state index contributed by atoms with van der Waals surface area (Å²) in [7, 11) is 2.08. The SMILES string of the molecule is CN1CCN(CC(O)c2cccc([N+](=O)[O-])c2)CC1. The van der Waals surface area contributed by atoms with Crippen LogP contribution in [-0.4, -0.2) is 59.6 Å². The van der Waals surface area contributed by atoms with Crippen molar-refractivity contribution in [2.24, 2.45) is 0 Å². The predicted molar refractivity (Wildman–Crippen MR) is 72.0 cm³/mol. The van der Waals surface area contributed by atoms with Crippen LogP contribution in [0.25, 0.3) is 0 Å². The highest BCUT2D eigenvalue weighted by Crippen LogP contribution is 2.20. The number of non-ortho nitro benzene ring substituents is 1. The van der Waals surface area contributed by atoms with Gasteiger partial charge in [0.25, 0.3) is 5.69 Å². The second-order valence-corrected chi connectivity index (χ2v) is 4.97. The maximum Gasteiger partial charge on any atom is 0.269 e. The average Bonchev–Trinajstić information content (AvgIpc) is 2.41. The minimum Gasteiger partial charge on any atom is -0.387 e. The highest BCUT2D eigenvalue weighted by Gasteiger charge is 2.19. The highest BCUT2D eigenvalue weighted by atomic mass is 16.6. The predicted octanol–water partition coefficient (Wildman–Crippen LogP) is 0.876. The second-order valence-electron chi connectivity index (χ2n) is 4.97. The topological polar surface area (TPSA) is 69.8 Å². The smallest absolute Gasteiger partial charge is 0.269 e. The summed E-state index contributed by atoms with van der Waals surface area (Å²) < 4.78 is 0. The molecule has 6 heteroatoms. The Hall–Kier alpha value is -1.50. The van der Waals surface area contributed by atoms with Crippen LogP contribution in [0.4, 0.5) is 5.69 Å². The Balaban J connectivity index is 1.97. The van der Waals surface area contributed by atoms with Crippen LogP contribution in [0.15, 0.2) is 24.3 Å². The number of benzene rings is 1. The van der Waals surface area contributed by atoms with E-state index in [4.69, 9.17) is 0 Å². The van der Waals surface area contributed by atoms with E-state index in [0.29, 0.717) is 12.1 Å². The van der Waals surface area contributed by atoms with E-state index in [1.165, 1.54) is 12.1 Å². The molecule has 1 aromatic carbocycles. The van der Waals surface area contributed by atoms with Gasteiger partial charge in [-0.25, -0.2) is 0 Å². The third-order valence-electron chi connectivity index (χ3n) is 3.49. The van der Waals surface area contributed by atoms with E-state index in [2.05, 4.69) is 16.8 Å². The van der Waals surface area contributed by atoms with Gasteiger partial charge in [0.1, 0.15) is 0 Å². The van der Waals surface area contributed by atoms with Crippen LogP contribution in [0, 0.1) is 10.1 Å². The molecule has 6 nitrogen and oxygen atoms in total. The number of rotatable bonds is 4. The van der Waals surface area contributed by atoms with E-state index in [1.807, 2.05) is 0 Å². The van der Waals surface area contributed by atoms with E-state index < -0.39 is 11.0 Å². The zero-order valence-electron chi connectivity index (χ0n) is 11.0. The summed E-state index contributed by atoms with van der Waals surface area (Å²) >= 11 is 0. The van der Waals surface area contributed by atoms with E-state index in [0.717, 1.165) is 26.2 Å². The second kappa shape index (κ2) is 6.10. The van der Waals surface area contributed by atoms with Gasteiger partial charge in [-0.2, -0.15) is 0 Å². The summed E-state index contributed by atoms with van der Waals surface area (Å²) in [4.78, 5) is 14.7. The van der Waals surface area contributed by atoms with Gasteiger partial charge >= 0.3 is 0 Å². The molecule has 0 aliphatic carbocycles. The molecule has 1 heterocycles. The van der Waals surface area contributed by atoms with E-state index >= 15 is 0 Å². The van der Waals surface area contributed by atoms with Crippen molar-refractivity contribution in [2.45, 2.75) is 6.10 Å². The number of aliphatic hydroxyl groups is 1. The quantitative estimate of drug-likeness (QED) is 0.646. The molecule has 0 radical (unpaired) electrons. The lowest BCUT2D eigenvalue weighted by atomic mass is 10.1. The maximum absolute atomic E-state index is 10.7. The van der Waals surface area contributed by atoms with Crippen molar-refractivity contribution in [3.05, 3.63) is 39.9 Å². The molecule has 2 rings (SSSR count). The van der Waals surface area contributed by atoms with Crippen LogP contribution in [-0.2, 0) is 0 Å². The number of hydrogen-bond acceptors (Lipinski definition) is 5. The molecule has 1 fully saturated rings. The number of nitro benzene ring substituents is 1. The fourth-order valence-corrected chi connectivity index (χ4v) is 2.23. The van der Waals surface area contributed by atoms with Gasteiger partial charge < -0.3 is 10.0 Å². The Bertz CT molecular complexity index is 445. The standard InChI is InChI=1S/C13H19N3O3/c1-14-5-7-15(8-6-14)10-13(17)11-3-2-4-12(9-11)16(18)19/h2-4,9,13,17H,5-8,10H2,1H3. The largest absolute Gasteiger partial charge is 0.387 e. The number of nitro groups is 1. The minimum absolute atomic E-state index is 0.0231. The molecule has 0 bridgehead atoms. The monoisotopic (exact) mass is 265 g/mol. The number of β-amino-alcohol motifs (C(OH)–C–C–N with tert-alkyl or cyclic N) is 1. The maximum atomic E-state index is 10.7. The van der Waals surface area contributed by atoms with E-state index in [1.54, 1.807) is 12.1 Å². The molecular weight excluding hydrogens is 246 g/mol. The zero-order valence-corrected chi connectivity index (χ0v) is 11.0. The van der Waals surface area contributed by atoms with Crippen LogP contribution in [0.3, 0.4) is 0 Å². The first-order valence-electron chi connectivity index (χ1n) is 6.39. The molecule has 1 aromatic rings. The Morgan fingerprint density at radius 1 is 1.37 bits per heavy atom. The summed E-state index contributed by atoms with van der Waals surface area (Å²) in [6, 6.07) is 6.22. The fourth-order valence-electron chi connectivity index (χ4n) is 2.23. The molecule has 1 aliphatic heterocycles. The molecule has 0 aromatic heterocycles. The molecule has 19 heavy (non-hydrogen) atoms. The molecule has 1 aliphatic rings. The third-order valence-corrected chi connectivity index (χ3v) is 3.49. The number of nitrogens with zero attached hydrogens (tertiary/aromatic N) is 3. The van der Waals surface area contributed by atoms with E-state index in [-0.39, 0.29) is 5.69 Å². The summed E-state index contributed by atoms with van der Waals surface area (Å²) in [5, 5.41) is 20.9. The average molecular weight is 265 g/mol. The Kier molecular flexibility index (Phi) is 4.47. The Labute approximate surface area is 112 Å². The number of hydrogen-bond donors (Lipinski definition) is 1. The number of likely N-dealkylation sites (N-methyl/N-ethyl adjacent to an activating group) is 1. The van der Waals surface area contributed by atoms with Gasteiger partial charge in [-0.05, 0) is 12.6 Å². The molecule has 0 spiro atoms. The molecule has 0 amide bonds. The van der Waals surface area contributed by atoms with Crippen molar-refractivity contribution in [3.63, 3.8) is 0 Å². The number of piperazine rings is 1. The van der Waals surface area contributed by atoms with Crippen LogP contribution in [0.1, 0.15) is 11.7 Å². The first-order valence-corrected chi connectivity index (χ1v) is 6.39. The summed E-state index contributed by atoms with van der Waals surface area (Å²) in [6.45, 7) is 4.34. The van der Waals surface area contributed by atoms with Crippen molar-refractivity contribution < 1.29 is 10.0 Å². The third kappa shape index (κ3) is 3.73. The van der Waals surface area contributed by atoms with Crippen LogP contribution < -0.4 is 0 Å². The van der Waals surface area contributed by atoms with Gasteiger partial charge in [0.15, 0.2) is 0 Å². The molecule has 104 valence electrons. The van der Waals surface area contributed by atoms with Gasteiger partial charge in [-0.15, -0.1) is 0 Å². The van der Waals surface area contributed by atoms with Crippen LogP contribution in [0.5, 0.6) is 0 Å².